The van der Waals surface area contributed by atoms with Crippen molar-refractivity contribution in [2.75, 3.05) is 0 Å². The van der Waals surface area contributed by atoms with Crippen molar-refractivity contribution in [3.8, 4) is 22.6 Å². The van der Waals surface area contributed by atoms with E-state index in [1.165, 1.54) is 6.07 Å². The van der Waals surface area contributed by atoms with Gasteiger partial charge in [-0.25, -0.2) is 9.37 Å². The number of nitrogens with zero attached hydrogens (tertiary/aromatic N) is 1. The Kier molecular flexibility index (Phi) is 4.80. The molecule has 2 aromatic carbocycles. The topological polar surface area (TPSA) is 26.0 Å². The minimum atomic E-state index is -0.286. The summed E-state index contributed by atoms with van der Waals surface area (Å²) in [5, 5.41) is 1.39. The largest absolute Gasteiger partial charge is 0.460 e. The second-order valence-electron chi connectivity index (χ2n) is 5.61. The fraction of sp³-hybridized carbons (Fsp3) is 0.0500. The molecule has 0 radical (unpaired) electrons. The Hall–Kier alpha value is -2.36. The molecule has 2 heterocycles. The summed E-state index contributed by atoms with van der Waals surface area (Å²) in [6, 6.07) is 17.7. The van der Waals surface area contributed by atoms with Crippen molar-refractivity contribution in [2.24, 2.45) is 0 Å². The van der Waals surface area contributed by atoms with Gasteiger partial charge in [-0.1, -0.05) is 29.8 Å². The van der Waals surface area contributed by atoms with Crippen molar-refractivity contribution in [3.63, 3.8) is 0 Å². The Bertz CT molecular complexity index is 1060. The lowest BCUT2D eigenvalue weighted by molar-refractivity contribution is 0.546. The summed E-state index contributed by atoms with van der Waals surface area (Å²) in [5.74, 6) is 1.17. The maximum absolute atomic E-state index is 14.4. The Labute approximate surface area is 155 Å². The van der Waals surface area contributed by atoms with Crippen LogP contribution >= 0.6 is 24.0 Å². The van der Waals surface area contributed by atoms with Crippen molar-refractivity contribution in [1.82, 2.24) is 4.98 Å². The maximum Gasteiger partial charge on any atom is 0.152 e. The molecule has 0 unspecified atom stereocenters. The summed E-state index contributed by atoms with van der Waals surface area (Å²) >= 11 is 6.14. The van der Waals surface area contributed by atoms with Crippen LogP contribution in [0.5, 0.6) is 0 Å². The summed E-state index contributed by atoms with van der Waals surface area (Å²) in [5.41, 5.74) is 2.65. The van der Waals surface area contributed by atoms with Crippen molar-refractivity contribution in [1.29, 1.82) is 0 Å². The van der Waals surface area contributed by atoms with Gasteiger partial charge >= 0.3 is 0 Å². The molecule has 126 valence electrons. The number of aryl methyl sites for hydroxylation is 1. The molecule has 0 bridgehead atoms. The molecule has 0 saturated heterocycles. The van der Waals surface area contributed by atoms with E-state index in [1.54, 1.807) is 18.2 Å². The van der Waals surface area contributed by atoms with E-state index in [-0.39, 0.29) is 18.2 Å². The number of hydrogen-bond acceptors (Lipinski definition) is 2. The lowest BCUT2D eigenvalue weighted by Gasteiger charge is -2.10. The van der Waals surface area contributed by atoms with Gasteiger partial charge in [0.1, 0.15) is 17.3 Å². The molecule has 4 rings (SSSR count). The highest BCUT2D eigenvalue weighted by Crippen LogP contribution is 2.35. The first-order chi connectivity index (χ1) is 11.6. The molecule has 0 amide bonds. The van der Waals surface area contributed by atoms with Crippen LogP contribution in [-0.4, -0.2) is 4.98 Å². The number of hydrogen-bond donors (Lipinski definition) is 0. The van der Waals surface area contributed by atoms with E-state index >= 15 is 0 Å². The second-order valence-corrected chi connectivity index (χ2v) is 6.04. The predicted octanol–water partition coefficient (Wildman–Crippen LogP) is 6.68. The first kappa shape index (κ1) is 17.5. The van der Waals surface area contributed by atoms with Gasteiger partial charge in [0.2, 0.25) is 0 Å². The molecule has 0 aliphatic heterocycles. The highest BCUT2D eigenvalue weighted by atomic mass is 35.5. The summed E-state index contributed by atoms with van der Waals surface area (Å²) in [6.45, 7) is 1.88. The monoisotopic (exact) mass is 373 g/mol. The molecule has 2 aromatic heterocycles. The maximum atomic E-state index is 14.4. The van der Waals surface area contributed by atoms with Gasteiger partial charge in [-0.05, 0) is 55.0 Å². The lowest BCUT2D eigenvalue weighted by Crippen LogP contribution is -1.91. The molecule has 0 saturated carbocycles. The third kappa shape index (κ3) is 3.26. The fourth-order valence-electron chi connectivity index (χ4n) is 2.80. The number of fused-ring (bicyclic) bond motifs is 1. The van der Waals surface area contributed by atoms with Crippen LogP contribution in [0.2, 0.25) is 5.02 Å². The molecule has 0 fully saturated rings. The van der Waals surface area contributed by atoms with Gasteiger partial charge in [0.05, 0.1) is 5.52 Å². The van der Waals surface area contributed by atoms with Gasteiger partial charge in [-0.3, -0.25) is 0 Å². The number of aromatic nitrogens is 1. The van der Waals surface area contributed by atoms with E-state index in [0.29, 0.717) is 22.0 Å². The second kappa shape index (κ2) is 6.87. The molecular formula is C20H14Cl2FNO. The van der Waals surface area contributed by atoms with Crippen LogP contribution in [0.4, 0.5) is 4.39 Å². The molecule has 0 N–H and O–H groups in total. The zero-order valence-electron chi connectivity index (χ0n) is 13.3. The smallest absolute Gasteiger partial charge is 0.152 e. The Morgan fingerprint density at radius 2 is 1.76 bits per heavy atom. The van der Waals surface area contributed by atoms with Crippen LogP contribution in [0.3, 0.4) is 0 Å². The quantitative estimate of drug-likeness (QED) is 0.391. The lowest BCUT2D eigenvalue weighted by atomic mass is 9.99. The van der Waals surface area contributed by atoms with E-state index in [1.807, 2.05) is 43.3 Å². The van der Waals surface area contributed by atoms with Gasteiger partial charge in [0, 0.05) is 16.0 Å². The minimum absolute atomic E-state index is 0. The van der Waals surface area contributed by atoms with Crippen LogP contribution in [0.25, 0.3) is 33.5 Å². The molecule has 5 heteroatoms. The summed E-state index contributed by atoms with van der Waals surface area (Å²) in [4.78, 5) is 4.64. The van der Waals surface area contributed by atoms with E-state index in [0.717, 1.165) is 22.2 Å². The highest BCUT2D eigenvalue weighted by molar-refractivity contribution is 6.31. The SMILES string of the molecule is Cc1ccc(-c2cc(-c3ccccc3F)c3cc(Cl)ccc3n2)o1.Cl. The number of furan rings is 1. The third-order valence-corrected chi connectivity index (χ3v) is 4.16. The van der Waals surface area contributed by atoms with Crippen LogP contribution < -0.4 is 0 Å². The zero-order valence-corrected chi connectivity index (χ0v) is 14.9. The Balaban J connectivity index is 0.00000182. The van der Waals surface area contributed by atoms with Crippen molar-refractivity contribution in [2.45, 2.75) is 6.92 Å². The normalized spacial score (nSPS) is 10.7. The summed E-state index contributed by atoms with van der Waals surface area (Å²) in [7, 11) is 0. The highest BCUT2D eigenvalue weighted by Gasteiger charge is 2.14. The average Bonchev–Trinajstić information content (AvgIpc) is 3.01. The van der Waals surface area contributed by atoms with Crippen LogP contribution in [0, 0.1) is 12.7 Å². The van der Waals surface area contributed by atoms with Crippen molar-refractivity contribution < 1.29 is 8.81 Å². The van der Waals surface area contributed by atoms with Gasteiger partial charge in [-0.15, -0.1) is 12.4 Å². The van der Waals surface area contributed by atoms with Gasteiger partial charge < -0.3 is 4.42 Å². The first-order valence-electron chi connectivity index (χ1n) is 7.54. The van der Waals surface area contributed by atoms with Gasteiger partial charge in [-0.2, -0.15) is 0 Å². The van der Waals surface area contributed by atoms with E-state index in [4.69, 9.17) is 16.0 Å². The molecule has 4 aromatic rings. The third-order valence-electron chi connectivity index (χ3n) is 3.93. The Morgan fingerprint density at radius 3 is 2.48 bits per heavy atom. The average molecular weight is 374 g/mol. The van der Waals surface area contributed by atoms with Crippen molar-refractivity contribution >= 4 is 34.9 Å². The van der Waals surface area contributed by atoms with Gasteiger partial charge in [0.25, 0.3) is 0 Å². The first-order valence-corrected chi connectivity index (χ1v) is 7.91. The Morgan fingerprint density at radius 1 is 0.960 bits per heavy atom. The fourth-order valence-corrected chi connectivity index (χ4v) is 2.97. The molecule has 0 spiro atoms. The minimum Gasteiger partial charge on any atom is -0.460 e. The summed E-state index contributed by atoms with van der Waals surface area (Å²) < 4.78 is 20.0. The van der Waals surface area contributed by atoms with Crippen LogP contribution in [0.15, 0.2) is 65.1 Å². The predicted molar refractivity (Wildman–Crippen MR) is 102 cm³/mol. The van der Waals surface area contributed by atoms with E-state index in [2.05, 4.69) is 4.98 Å². The number of rotatable bonds is 2. The number of pyridine rings is 1. The van der Waals surface area contributed by atoms with Gasteiger partial charge in [0.15, 0.2) is 5.76 Å². The van der Waals surface area contributed by atoms with Crippen molar-refractivity contribution in [3.05, 3.63) is 77.3 Å². The number of benzene rings is 2. The number of halogens is 3. The van der Waals surface area contributed by atoms with E-state index in [9.17, 15) is 4.39 Å². The molecular weight excluding hydrogens is 360 g/mol. The van der Waals surface area contributed by atoms with Crippen LogP contribution in [-0.2, 0) is 0 Å². The molecule has 0 atom stereocenters. The standard InChI is InChI=1S/C20H13ClFNO.ClH/c1-12-6-9-20(24-12)19-11-15(14-4-2-3-5-17(14)22)16-10-13(21)7-8-18(16)23-19;/h2-11H,1H3;1H. The molecule has 2 nitrogen and oxygen atoms in total. The van der Waals surface area contributed by atoms with E-state index < -0.39 is 0 Å². The molecule has 25 heavy (non-hydrogen) atoms. The van der Waals surface area contributed by atoms with Crippen LogP contribution in [0.1, 0.15) is 5.76 Å². The zero-order chi connectivity index (χ0) is 16.7. The molecule has 0 aliphatic carbocycles. The summed E-state index contributed by atoms with van der Waals surface area (Å²) in [6.07, 6.45) is 0. The molecule has 0 aliphatic rings.